The number of rotatable bonds is 6. The second kappa shape index (κ2) is 11.1. The minimum atomic E-state index is -0.932. The lowest BCUT2D eigenvalue weighted by molar-refractivity contribution is -0.128. The summed E-state index contributed by atoms with van der Waals surface area (Å²) in [7, 11) is 0. The molecular formula is C32H35ClFN5O3. The van der Waals surface area contributed by atoms with Crippen molar-refractivity contribution in [2.45, 2.75) is 50.4 Å². The minimum absolute atomic E-state index is 0.0749. The fourth-order valence-electron chi connectivity index (χ4n) is 7.30. The van der Waals surface area contributed by atoms with Crippen molar-refractivity contribution in [3.63, 3.8) is 0 Å². The Morgan fingerprint density at radius 2 is 1.81 bits per heavy atom. The zero-order valence-electron chi connectivity index (χ0n) is 23.7. The van der Waals surface area contributed by atoms with E-state index in [1.54, 1.807) is 0 Å². The van der Waals surface area contributed by atoms with Gasteiger partial charge in [-0.25, -0.2) is 4.39 Å². The van der Waals surface area contributed by atoms with E-state index in [2.05, 4.69) is 34.6 Å². The number of ether oxygens (including phenoxy) is 2. The Labute approximate surface area is 250 Å². The summed E-state index contributed by atoms with van der Waals surface area (Å²) in [5.41, 5.74) is 2.95. The highest BCUT2D eigenvalue weighted by molar-refractivity contribution is 6.35. The van der Waals surface area contributed by atoms with Gasteiger partial charge in [-0.1, -0.05) is 48.5 Å². The van der Waals surface area contributed by atoms with Gasteiger partial charge in [0.2, 0.25) is 0 Å². The number of anilines is 1. The first-order valence-corrected chi connectivity index (χ1v) is 15.2. The van der Waals surface area contributed by atoms with Crippen LogP contribution in [-0.2, 0) is 22.6 Å². The van der Waals surface area contributed by atoms with Gasteiger partial charge in [0.1, 0.15) is 12.4 Å². The predicted molar refractivity (Wildman–Crippen MR) is 160 cm³/mol. The van der Waals surface area contributed by atoms with Crippen molar-refractivity contribution >= 4 is 34.1 Å². The zero-order valence-corrected chi connectivity index (χ0v) is 24.4. The largest absolute Gasteiger partial charge is 0.461 e. The third-order valence-electron chi connectivity index (χ3n) is 9.47. The SMILES string of the molecule is C=C(F)C(=O)N1CCN(c2nc(OCC34CCCN3CCC4)nc3c2COC(c2cccc4cccc(Cl)c24)C3)CC1. The number of amides is 1. The Bertz CT molecular complexity index is 1530. The quantitative estimate of drug-likeness (QED) is 0.363. The maximum atomic E-state index is 13.5. The Kier molecular flexibility index (Phi) is 7.28. The van der Waals surface area contributed by atoms with E-state index in [0.29, 0.717) is 56.8 Å². The van der Waals surface area contributed by atoms with E-state index in [4.69, 9.17) is 31.0 Å². The Hall–Kier alpha value is -3.27. The van der Waals surface area contributed by atoms with Crippen LogP contribution in [0.25, 0.3) is 10.8 Å². The van der Waals surface area contributed by atoms with Gasteiger partial charge in [-0.05, 0) is 55.8 Å². The molecule has 1 atom stereocenters. The van der Waals surface area contributed by atoms with Gasteiger partial charge in [0.05, 0.1) is 23.9 Å². The van der Waals surface area contributed by atoms with Crippen LogP contribution in [0.2, 0.25) is 5.02 Å². The van der Waals surface area contributed by atoms with Crippen LogP contribution in [0.4, 0.5) is 10.2 Å². The number of halogens is 2. The van der Waals surface area contributed by atoms with Crippen LogP contribution in [0, 0.1) is 0 Å². The number of piperazine rings is 1. The van der Waals surface area contributed by atoms with Gasteiger partial charge in [0.15, 0.2) is 5.83 Å². The molecular weight excluding hydrogens is 557 g/mol. The number of fused-ring (bicyclic) bond motifs is 3. The molecule has 42 heavy (non-hydrogen) atoms. The molecule has 7 rings (SSSR count). The number of nitrogens with zero attached hydrogens (tertiary/aromatic N) is 5. The monoisotopic (exact) mass is 591 g/mol. The molecule has 10 heteroatoms. The summed E-state index contributed by atoms with van der Waals surface area (Å²) in [4.78, 5) is 28.3. The standard InChI is InChI=1S/C32H35ClFN5O3/c1-21(34)30(40)38-16-14-37(15-17-38)29-24-19-41-27(23-8-2-6-22-7-3-9-25(33)28(22)23)18-26(24)35-31(36-29)42-20-32-10-4-12-39(32)13-5-11-32/h2-3,6-9,27H,1,4-5,10-20H2. The summed E-state index contributed by atoms with van der Waals surface area (Å²) < 4.78 is 26.4. The van der Waals surface area contributed by atoms with E-state index in [1.807, 2.05) is 18.2 Å². The van der Waals surface area contributed by atoms with Crippen molar-refractivity contribution in [3.8, 4) is 6.01 Å². The van der Waals surface area contributed by atoms with Gasteiger partial charge in [-0.15, -0.1) is 0 Å². The summed E-state index contributed by atoms with van der Waals surface area (Å²) in [6.07, 6.45) is 5.00. The van der Waals surface area contributed by atoms with Gasteiger partial charge in [0, 0.05) is 48.6 Å². The van der Waals surface area contributed by atoms with Crippen molar-refractivity contribution in [3.05, 3.63) is 70.6 Å². The summed E-state index contributed by atoms with van der Waals surface area (Å²) >= 11 is 6.67. The second-order valence-corrected chi connectivity index (χ2v) is 12.2. The van der Waals surface area contributed by atoms with Crippen LogP contribution in [0.1, 0.15) is 48.6 Å². The smallest absolute Gasteiger partial charge is 0.318 e. The predicted octanol–water partition coefficient (Wildman–Crippen LogP) is 5.24. The van der Waals surface area contributed by atoms with Crippen LogP contribution >= 0.6 is 11.6 Å². The number of carbonyl (C=O) groups excluding carboxylic acids is 1. The maximum absolute atomic E-state index is 13.5. The molecule has 220 valence electrons. The van der Waals surface area contributed by atoms with Gasteiger partial charge >= 0.3 is 6.01 Å². The molecule has 1 unspecified atom stereocenters. The second-order valence-electron chi connectivity index (χ2n) is 11.8. The molecule has 0 bridgehead atoms. The molecule has 4 aliphatic rings. The molecule has 0 radical (unpaired) electrons. The van der Waals surface area contributed by atoms with Crippen molar-refractivity contribution in [1.82, 2.24) is 19.8 Å². The number of aromatic nitrogens is 2. The highest BCUT2D eigenvalue weighted by Crippen LogP contribution is 2.41. The molecule has 0 aliphatic carbocycles. The lowest BCUT2D eigenvalue weighted by Gasteiger charge is -2.37. The van der Waals surface area contributed by atoms with Gasteiger partial charge in [-0.3, -0.25) is 9.69 Å². The summed E-state index contributed by atoms with van der Waals surface area (Å²) in [5, 5.41) is 2.77. The molecule has 0 saturated carbocycles. The van der Waals surface area contributed by atoms with Gasteiger partial charge < -0.3 is 19.3 Å². The fourth-order valence-corrected chi connectivity index (χ4v) is 7.59. The average Bonchev–Trinajstić information content (AvgIpc) is 3.60. The lowest BCUT2D eigenvalue weighted by Crippen LogP contribution is -2.49. The Morgan fingerprint density at radius 1 is 1.07 bits per heavy atom. The fraction of sp³-hybridized carbons (Fsp3) is 0.469. The third-order valence-corrected chi connectivity index (χ3v) is 9.79. The highest BCUT2D eigenvalue weighted by atomic mass is 35.5. The first kappa shape index (κ1) is 27.6. The third kappa shape index (κ3) is 4.91. The summed E-state index contributed by atoms with van der Waals surface area (Å²) in [6.45, 7) is 8.13. The molecule has 0 spiro atoms. The van der Waals surface area contributed by atoms with Crippen molar-refractivity contribution in [1.29, 1.82) is 0 Å². The normalized spacial score (nSPS) is 21.8. The van der Waals surface area contributed by atoms with Crippen LogP contribution in [0.15, 0.2) is 48.8 Å². The van der Waals surface area contributed by atoms with Crippen LogP contribution in [0.3, 0.4) is 0 Å². The van der Waals surface area contributed by atoms with E-state index in [-0.39, 0.29) is 11.6 Å². The summed E-state index contributed by atoms with van der Waals surface area (Å²) in [5.74, 6) is -0.818. The number of hydrogen-bond acceptors (Lipinski definition) is 7. The van der Waals surface area contributed by atoms with Crippen molar-refractivity contribution in [2.24, 2.45) is 0 Å². The van der Waals surface area contributed by atoms with Crippen molar-refractivity contribution in [2.75, 3.05) is 50.8 Å². The molecule has 2 aromatic carbocycles. The van der Waals surface area contributed by atoms with Gasteiger partial charge in [-0.2, -0.15) is 9.97 Å². The lowest BCUT2D eigenvalue weighted by atomic mass is 9.94. The van der Waals surface area contributed by atoms with E-state index >= 15 is 0 Å². The molecule has 1 amide bonds. The molecule has 3 fully saturated rings. The first-order chi connectivity index (χ1) is 20.4. The van der Waals surface area contributed by atoms with E-state index in [9.17, 15) is 9.18 Å². The number of benzene rings is 2. The van der Waals surface area contributed by atoms with E-state index in [0.717, 1.165) is 59.3 Å². The number of hydrogen-bond donors (Lipinski definition) is 0. The molecule has 4 aliphatic heterocycles. The molecule has 3 saturated heterocycles. The molecule has 0 N–H and O–H groups in total. The molecule has 8 nitrogen and oxygen atoms in total. The van der Waals surface area contributed by atoms with Crippen LogP contribution < -0.4 is 9.64 Å². The van der Waals surface area contributed by atoms with Crippen LogP contribution in [-0.4, -0.2) is 77.1 Å². The zero-order chi connectivity index (χ0) is 28.8. The van der Waals surface area contributed by atoms with E-state index in [1.165, 1.54) is 17.7 Å². The Morgan fingerprint density at radius 3 is 2.55 bits per heavy atom. The van der Waals surface area contributed by atoms with Crippen molar-refractivity contribution < 1.29 is 18.7 Å². The first-order valence-electron chi connectivity index (χ1n) is 14.9. The maximum Gasteiger partial charge on any atom is 0.318 e. The summed E-state index contributed by atoms with van der Waals surface area (Å²) in [6, 6.07) is 12.5. The molecule has 3 aromatic rings. The highest BCUT2D eigenvalue weighted by Gasteiger charge is 2.45. The van der Waals surface area contributed by atoms with E-state index < -0.39 is 11.7 Å². The van der Waals surface area contributed by atoms with Crippen LogP contribution in [0.5, 0.6) is 6.01 Å². The topological polar surface area (TPSA) is 71.0 Å². The minimum Gasteiger partial charge on any atom is -0.461 e. The molecule has 5 heterocycles. The molecule has 1 aromatic heterocycles. The average molecular weight is 592 g/mol. The van der Waals surface area contributed by atoms with Gasteiger partial charge in [0.25, 0.3) is 5.91 Å². The number of carbonyl (C=O) groups is 1. The Balaban J connectivity index is 1.20.